The molecule has 0 aromatic heterocycles. The van der Waals surface area contributed by atoms with E-state index in [-0.39, 0.29) is 39.9 Å². The third-order valence-corrected chi connectivity index (χ3v) is 5.52. The van der Waals surface area contributed by atoms with Gasteiger partial charge in [-0.25, -0.2) is 0 Å². The number of esters is 2. The van der Waals surface area contributed by atoms with Crippen LogP contribution in [0.1, 0.15) is 83.4 Å². The number of carbonyl (C=O) groups is 5. The third kappa shape index (κ3) is 5.57. The van der Waals surface area contributed by atoms with Crippen molar-refractivity contribution in [2.75, 3.05) is 0 Å². The minimum atomic E-state index is -0.608. The zero-order valence-corrected chi connectivity index (χ0v) is 19.3. The summed E-state index contributed by atoms with van der Waals surface area (Å²) < 4.78 is 15.0. The summed E-state index contributed by atoms with van der Waals surface area (Å²) in [5.41, 5.74) is 0.977. The molecule has 0 spiro atoms. The summed E-state index contributed by atoms with van der Waals surface area (Å²) in [6.45, 7) is 4.71. The number of ether oxygens (including phenoxy) is 3. The van der Waals surface area contributed by atoms with E-state index in [0.717, 1.165) is 12.8 Å². The maximum Gasteiger partial charge on any atom is 0.308 e. The molecular formula is C26H26O8. The van der Waals surface area contributed by atoms with E-state index in [1.54, 1.807) is 13.0 Å². The van der Waals surface area contributed by atoms with Gasteiger partial charge < -0.3 is 14.2 Å². The average Bonchev–Trinajstić information content (AvgIpc) is 2.77. The van der Waals surface area contributed by atoms with Crippen molar-refractivity contribution < 1.29 is 38.2 Å². The summed E-state index contributed by atoms with van der Waals surface area (Å²) in [6.07, 6.45) is 6.11. The molecule has 2 aromatic carbocycles. The first-order valence-corrected chi connectivity index (χ1v) is 11.1. The molecule has 0 N–H and O–H groups in total. The van der Waals surface area contributed by atoms with Crippen LogP contribution >= 0.6 is 0 Å². The molecule has 34 heavy (non-hydrogen) atoms. The molecule has 2 aromatic rings. The molecule has 8 heteroatoms. The molecule has 8 nitrogen and oxygen atoms in total. The van der Waals surface area contributed by atoms with Gasteiger partial charge in [0.1, 0.15) is 17.6 Å². The van der Waals surface area contributed by atoms with Crippen LogP contribution in [0.25, 0.3) is 0 Å². The van der Waals surface area contributed by atoms with Crippen molar-refractivity contribution in [1.29, 1.82) is 0 Å². The molecule has 1 fully saturated rings. The van der Waals surface area contributed by atoms with Gasteiger partial charge in [-0.1, -0.05) is 18.6 Å². The summed E-state index contributed by atoms with van der Waals surface area (Å²) in [6, 6.07) is 7.57. The monoisotopic (exact) mass is 466 g/mol. The lowest BCUT2D eigenvalue weighted by Crippen LogP contribution is -2.24. The molecule has 0 amide bonds. The number of rotatable bonds is 4. The highest BCUT2D eigenvalue weighted by atomic mass is 16.5. The van der Waals surface area contributed by atoms with Gasteiger partial charge in [-0.2, -0.15) is 0 Å². The van der Waals surface area contributed by atoms with Crippen molar-refractivity contribution in [3.05, 3.63) is 58.1 Å². The highest BCUT2D eigenvalue weighted by Crippen LogP contribution is 2.38. The first-order chi connectivity index (χ1) is 16.2. The standard InChI is InChI=1S/C19H14O6.C7H12O2/c1-9-7-13-17(15(8-9)25-11(3)21)19(23)16-12(18(13)22)5-4-6-14(16)24-10(2)20;8-6-9-7-4-2-1-3-5-7/h4-8H,1-3H3;6-7H,1-5H2. The molecule has 0 bridgehead atoms. The molecule has 2 aliphatic rings. The van der Waals surface area contributed by atoms with Gasteiger partial charge in [0.2, 0.25) is 5.78 Å². The number of hydrogen-bond donors (Lipinski definition) is 0. The molecule has 1 saturated carbocycles. The lowest BCUT2D eigenvalue weighted by atomic mass is 9.82. The van der Waals surface area contributed by atoms with Crippen LogP contribution in [0.4, 0.5) is 0 Å². The van der Waals surface area contributed by atoms with Crippen LogP contribution < -0.4 is 9.47 Å². The summed E-state index contributed by atoms with van der Waals surface area (Å²) in [4.78, 5) is 58.4. The minimum Gasteiger partial charge on any atom is -0.465 e. The highest BCUT2D eigenvalue weighted by molar-refractivity contribution is 6.30. The molecule has 0 heterocycles. The number of fused-ring (bicyclic) bond motifs is 2. The van der Waals surface area contributed by atoms with Gasteiger partial charge in [0.25, 0.3) is 6.47 Å². The van der Waals surface area contributed by atoms with Gasteiger partial charge in [0.05, 0.1) is 11.1 Å². The number of hydrogen-bond acceptors (Lipinski definition) is 8. The van der Waals surface area contributed by atoms with E-state index in [1.165, 1.54) is 57.4 Å². The normalized spacial score (nSPS) is 14.7. The molecule has 0 saturated heterocycles. The number of carbonyl (C=O) groups excluding carboxylic acids is 5. The Morgan fingerprint density at radius 1 is 0.853 bits per heavy atom. The van der Waals surface area contributed by atoms with E-state index >= 15 is 0 Å². The van der Waals surface area contributed by atoms with E-state index < -0.39 is 23.5 Å². The quantitative estimate of drug-likeness (QED) is 0.321. The fourth-order valence-corrected chi connectivity index (χ4v) is 4.15. The third-order valence-electron chi connectivity index (χ3n) is 5.52. The summed E-state index contributed by atoms with van der Waals surface area (Å²) in [5.74, 6) is -2.11. The Morgan fingerprint density at radius 2 is 1.47 bits per heavy atom. The zero-order chi connectivity index (χ0) is 24.8. The van der Waals surface area contributed by atoms with Gasteiger partial charge in [-0.3, -0.25) is 24.0 Å². The van der Waals surface area contributed by atoms with Crippen LogP contribution in [0.3, 0.4) is 0 Å². The Balaban J connectivity index is 0.000000302. The molecule has 2 aliphatic carbocycles. The summed E-state index contributed by atoms with van der Waals surface area (Å²) in [7, 11) is 0. The van der Waals surface area contributed by atoms with E-state index in [9.17, 15) is 24.0 Å². The molecule has 178 valence electrons. The van der Waals surface area contributed by atoms with Crippen LogP contribution in [-0.2, 0) is 19.1 Å². The Bertz CT molecular complexity index is 1140. The van der Waals surface area contributed by atoms with Crippen molar-refractivity contribution in [2.45, 2.75) is 59.0 Å². The Hall–Kier alpha value is -3.81. The van der Waals surface area contributed by atoms with Crippen LogP contribution in [0.15, 0.2) is 30.3 Å². The van der Waals surface area contributed by atoms with Crippen molar-refractivity contribution in [2.24, 2.45) is 0 Å². The molecule has 0 atom stereocenters. The van der Waals surface area contributed by atoms with Gasteiger partial charge in [0.15, 0.2) is 5.78 Å². The van der Waals surface area contributed by atoms with E-state index in [4.69, 9.17) is 14.2 Å². The Labute approximate surface area is 197 Å². The second-order valence-corrected chi connectivity index (χ2v) is 8.20. The molecule has 0 radical (unpaired) electrons. The van der Waals surface area contributed by atoms with Crippen LogP contribution in [0, 0.1) is 6.92 Å². The maximum absolute atomic E-state index is 13.0. The van der Waals surface area contributed by atoms with Gasteiger partial charge in [-0.15, -0.1) is 0 Å². The first-order valence-electron chi connectivity index (χ1n) is 11.1. The largest absolute Gasteiger partial charge is 0.465 e. The van der Waals surface area contributed by atoms with E-state index in [0.29, 0.717) is 12.0 Å². The predicted octanol–water partition coefficient (Wildman–Crippen LogP) is 4.11. The fourth-order valence-electron chi connectivity index (χ4n) is 4.15. The first kappa shape index (κ1) is 24.8. The van der Waals surface area contributed by atoms with Crippen LogP contribution in [-0.4, -0.2) is 36.1 Å². The smallest absolute Gasteiger partial charge is 0.308 e. The average molecular weight is 466 g/mol. The molecule has 0 aliphatic heterocycles. The minimum absolute atomic E-state index is 0.00194. The number of benzene rings is 2. The highest BCUT2D eigenvalue weighted by Gasteiger charge is 2.35. The molecule has 0 unspecified atom stereocenters. The summed E-state index contributed by atoms with van der Waals surface area (Å²) in [5, 5.41) is 0. The van der Waals surface area contributed by atoms with Crippen molar-refractivity contribution >= 4 is 30.0 Å². The van der Waals surface area contributed by atoms with Gasteiger partial charge in [0, 0.05) is 25.0 Å². The van der Waals surface area contributed by atoms with Crippen LogP contribution in [0.5, 0.6) is 11.5 Å². The second-order valence-electron chi connectivity index (χ2n) is 8.20. The lowest BCUT2D eigenvalue weighted by molar-refractivity contribution is -0.135. The Morgan fingerprint density at radius 3 is 2.09 bits per heavy atom. The second kappa shape index (κ2) is 10.9. The summed E-state index contributed by atoms with van der Waals surface area (Å²) >= 11 is 0. The lowest BCUT2D eigenvalue weighted by Gasteiger charge is -2.21. The molecule has 4 rings (SSSR count). The fraction of sp³-hybridized carbons (Fsp3) is 0.346. The molecular weight excluding hydrogens is 440 g/mol. The van der Waals surface area contributed by atoms with Gasteiger partial charge >= 0.3 is 11.9 Å². The topological polar surface area (TPSA) is 113 Å². The van der Waals surface area contributed by atoms with Crippen molar-refractivity contribution in [3.8, 4) is 11.5 Å². The Kier molecular flexibility index (Phi) is 7.94. The predicted molar refractivity (Wildman–Crippen MR) is 121 cm³/mol. The van der Waals surface area contributed by atoms with E-state index in [1.807, 2.05) is 0 Å². The van der Waals surface area contributed by atoms with Crippen LogP contribution in [0.2, 0.25) is 0 Å². The zero-order valence-electron chi connectivity index (χ0n) is 19.3. The van der Waals surface area contributed by atoms with Crippen molar-refractivity contribution in [1.82, 2.24) is 0 Å². The van der Waals surface area contributed by atoms with Crippen molar-refractivity contribution in [3.63, 3.8) is 0 Å². The number of ketones is 2. The van der Waals surface area contributed by atoms with Gasteiger partial charge in [-0.05, 0) is 56.4 Å². The SMILES string of the molecule is CC(=O)Oc1cccc2c1C(=O)c1c(OC(C)=O)cc(C)cc1C2=O.O=COC1CCCCC1. The van der Waals surface area contributed by atoms with E-state index in [2.05, 4.69) is 0 Å². The number of aryl methyl sites for hydroxylation is 1. The maximum atomic E-state index is 13.0.